The summed E-state index contributed by atoms with van der Waals surface area (Å²) in [7, 11) is 0. The number of aldehydes is 1. The van der Waals surface area contributed by atoms with E-state index in [9.17, 15) is 14.9 Å². The van der Waals surface area contributed by atoms with Crippen LogP contribution in [-0.2, 0) is 0 Å². The highest BCUT2D eigenvalue weighted by molar-refractivity contribution is 5.75. The van der Waals surface area contributed by atoms with Crippen LogP contribution in [0.4, 0.5) is 5.69 Å². The molecule has 0 unspecified atom stereocenters. The normalized spacial score (nSPS) is 9.95. The number of carbonyl (C=O) groups excluding carboxylic acids is 1. The molecule has 0 amide bonds. The summed E-state index contributed by atoms with van der Waals surface area (Å²) >= 11 is 0. The van der Waals surface area contributed by atoms with Gasteiger partial charge >= 0.3 is 0 Å². The van der Waals surface area contributed by atoms with Gasteiger partial charge in [0.25, 0.3) is 5.69 Å². The number of nitro groups is 1. The van der Waals surface area contributed by atoms with Crippen molar-refractivity contribution >= 4 is 12.0 Å². The van der Waals surface area contributed by atoms with E-state index in [2.05, 4.69) is 0 Å². The van der Waals surface area contributed by atoms with E-state index < -0.39 is 4.92 Å². The van der Waals surface area contributed by atoms with Crippen molar-refractivity contribution < 1.29 is 14.5 Å². The second-order valence-corrected chi connectivity index (χ2v) is 4.00. The highest BCUT2D eigenvalue weighted by Gasteiger charge is 2.11. The zero-order valence-electron chi connectivity index (χ0n) is 10.2. The minimum Gasteiger partial charge on any atom is -0.457 e. The molecular formula is C14H11NO4. The summed E-state index contributed by atoms with van der Waals surface area (Å²) in [5, 5.41) is 10.7. The molecule has 0 bridgehead atoms. The first kappa shape index (κ1) is 12.8. The van der Waals surface area contributed by atoms with E-state index in [0.29, 0.717) is 22.6 Å². The third-order valence-corrected chi connectivity index (χ3v) is 2.59. The molecule has 0 aliphatic rings. The molecule has 0 saturated carbocycles. The molecule has 0 N–H and O–H groups in total. The fourth-order valence-corrected chi connectivity index (χ4v) is 1.68. The maximum Gasteiger partial charge on any atom is 0.272 e. The predicted molar refractivity (Wildman–Crippen MR) is 69.7 cm³/mol. The van der Waals surface area contributed by atoms with Crippen LogP contribution in [-0.4, -0.2) is 11.2 Å². The molecular weight excluding hydrogens is 246 g/mol. The van der Waals surface area contributed by atoms with Gasteiger partial charge in [0.15, 0.2) is 0 Å². The van der Waals surface area contributed by atoms with E-state index in [4.69, 9.17) is 4.74 Å². The number of aryl methyl sites for hydroxylation is 1. The maximum absolute atomic E-state index is 10.7. The van der Waals surface area contributed by atoms with Gasteiger partial charge in [-0.3, -0.25) is 14.9 Å². The van der Waals surface area contributed by atoms with E-state index in [-0.39, 0.29) is 5.69 Å². The number of nitrogens with zero attached hydrogens (tertiary/aromatic N) is 1. The van der Waals surface area contributed by atoms with Crippen LogP contribution in [0, 0.1) is 17.0 Å². The standard InChI is InChI=1S/C14H11NO4/c1-10-7-13(5-6-14(10)15(17)18)19-12-4-2-3-11(8-12)9-16/h2-9H,1H3. The molecule has 0 aliphatic heterocycles. The van der Waals surface area contributed by atoms with Gasteiger partial charge < -0.3 is 4.74 Å². The second kappa shape index (κ2) is 5.30. The van der Waals surface area contributed by atoms with Crippen molar-refractivity contribution in [1.82, 2.24) is 0 Å². The van der Waals surface area contributed by atoms with Gasteiger partial charge in [0.2, 0.25) is 0 Å². The van der Waals surface area contributed by atoms with Gasteiger partial charge in [0, 0.05) is 17.2 Å². The molecule has 0 aromatic heterocycles. The topological polar surface area (TPSA) is 69.4 Å². The summed E-state index contributed by atoms with van der Waals surface area (Å²) in [5.74, 6) is 1.00. The van der Waals surface area contributed by atoms with E-state index in [1.165, 1.54) is 12.1 Å². The van der Waals surface area contributed by atoms with E-state index >= 15 is 0 Å². The molecule has 0 spiro atoms. The summed E-state index contributed by atoms with van der Waals surface area (Å²) in [6, 6.07) is 11.2. The molecule has 2 aromatic carbocycles. The fraction of sp³-hybridized carbons (Fsp3) is 0.0714. The van der Waals surface area contributed by atoms with E-state index in [1.54, 1.807) is 37.3 Å². The van der Waals surface area contributed by atoms with Crippen LogP contribution >= 0.6 is 0 Å². The quantitative estimate of drug-likeness (QED) is 0.477. The first-order chi connectivity index (χ1) is 9.10. The molecule has 5 nitrogen and oxygen atoms in total. The second-order valence-electron chi connectivity index (χ2n) is 4.00. The molecule has 0 atom stereocenters. The van der Waals surface area contributed by atoms with E-state index in [1.807, 2.05) is 0 Å². The van der Waals surface area contributed by atoms with Crippen molar-refractivity contribution in [2.24, 2.45) is 0 Å². The van der Waals surface area contributed by atoms with Crippen LogP contribution in [0.1, 0.15) is 15.9 Å². The minimum atomic E-state index is -0.438. The van der Waals surface area contributed by atoms with Gasteiger partial charge in [-0.25, -0.2) is 0 Å². The molecule has 19 heavy (non-hydrogen) atoms. The summed E-state index contributed by atoms with van der Waals surface area (Å²) < 4.78 is 5.55. The van der Waals surface area contributed by atoms with Crippen molar-refractivity contribution in [3.05, 3.63) is 63.7 Å². The molecule has 96 valence electrons. The van der Waals surface area contributed by atoms with Crippen molar-refractivity contribution in [3.63, 3.8) is 0 Å². The molecule has 2 aromatic rings. The highest BCUT2D eigenvalue weighted by Crippen LogP contribution is 2.27. The average Bonchev–Trinajstić information content (AvgIpc) is 2.38. The Morgan fingerprint density at radius 1 is 1.16 bits per heavy atom. The Labute approximate surface area is 109 Å². The summed E-state index contributed by atoms with van der Waals surface area (Å²) in [4.78, 5) is 20.9. The smallest absolute Gasteiger partial charge is 0.272 e. The molecule has 2 rings (SSSR count). The predicted octanol–water partition coefficient (Wildman–Crippen LogP) is 3.51. The van der Waals surface area contributed by atoms with Gasteiger partial charge in [-0.15, -0.1) is 0 Å². The third-order valence-electron chi connectivity index (χ3n) is 2.59. The molecule has 0 aliphatic carbocycles. The average molecular weight is 257 g/mol. The number of nitro benzene ring substituents is 1. The summed E-state index contributed by atoms with van der Waals surface area (Å²) in [6.45, 7) is 1.65. The zero-order chi connectivity index (χ0) is 13.8. The third kappa shape index (κ3) is 2.95. The molecule has 0 heterocycles. The van der Waals surface area contributed by atoms with Gasteiger partial charge in [0.1, 0.15) is 17.8 Å². The van der Waals surface area contributed by atoms with Crippen molar-refractivity contribution in [1.29, 1.82) is 0 Å². The minimum absolute atomic E-state index is 0.0500. The summed E-state index contributed by atoms with van der Waals surface area (Å²) in [5.41, 5.74) is 1.08. The van der Waals surface area contributed by atoms with Crippen LogP contribution in [0.25, 0.3) is 0 Å². The number of benzene rings is 2. The van der Waals surface area contributed by atoms with Gasteiger partial charge in [-0.1, -0.05) is 12.1 Å². The first-order valence-electron chi connectivity index (χ1n) is 5.58. The number of hydrogen-bond donors (Lipinski definition) is 0. The Kier molecular flexibility index (Phi) is 3.56. The van der Waals surface area contributed by atoms with Gasteiger partial charge in [0.05, 0.1) is 4.92 Å². The molecule has 0 radical (unpaired) electrons. The van der Waals surface area contributed by atoms with Crippen LogP contribution in [0.2, 0.25) is 0 Å². The molecule has 5 heteroatoms. The SMILES string of the molecule is Cc1cc(Oc2cccc(C=O)c2)ccc1[N+](=O)[O-]. The zero-order valence-corrected chi connectivity index (χ0v) is 10.2. The lowest BCUT2D eigenvalue weighted by Gasteiger charge is -2.07. The Balaban J connectivity index is 2.26. The molecule has 0 saturated heterocycles. The first-order valence-corrected chi connectivity index (χ1v) is 5.58. The number of carbonyl (C=O) groups is 1. The van der Waals surface area contributed by atoms with E-state index in [0.717, 1.165) is 6.29 Å². The number of ether oxygens (including phenoxy) is 1. The lowest BCUT2D eigenvalue weighted by Crippen LogP contribution is -1.92. The monoisotopic (exact) mass is 257 g/mol. The number of rotatable bonds is 4. The van der Waals surface area contributed by atoms with Crippen LogP contribution in [0.5, 0.6) is 11.5 Å². The Morgan fingerprint density at radius 2 is 1.89 bits per heavy atom. The van der Waals surface area contributed by atoms with Gasteiger partial charge in [-0.05, 0) is 31.2 Å². The van der Waals surface area contributed by atoms with Crippen molar-refractivity contribution in [3.8, 4) is 11.5 Å². The van der Waals surface area contributed by atoms with Crippen LogP contribution in [0.15, 0.2) is 42.5 Å². The van der Waals surface area contributed by atoms with Crippen LogP contribution in [0.3, 0.4) is 0 Å². The summed E-state index contributed by atoms with van der Waals surface area (Å²) in [6.07, 6.45) is 0.730. The Bertz CT molecular complexity index is 637. The van der Waals surface area contributed by atoms with Gasteiger partial charge in [-0.2, -0.15) is 0 Å². The van der Waals surface area contributed by atoms with Crippen molar-refractivity contribution in [2.75, 3.05) is 0 Å². The Hall–Kier alpha value is -2.69. The lowest BCUT2D eigenvalue weighted by atomic mass is 10.2. The van der Waals surface area contributed by atoms with Crippen molar-refractivity contribution in [2.45, 2.75) is 6.92 Å². The van der Waals surface area contributed by atoms with Crippen LogP contribution < -0.4 is 4.74 Å². The number of hydrogen-bond acceptors (Lipinski definition) is 4. The Morgan fingerprint density at radius 3 is 2.53 bits per heavy atom. The maximum atomic E-state index is 10.7. The fourth-order valence-electron chi connectivity index (χ4n) is 1.68. The highest BCUT2D eigenvalue weighted by atomic mass is 16.6. The largest absolute Gasteiger partial charge is 0.457 e. The lowest BCUT2D eigenvalue weighted by molar-refractivity contribution is -0.385. The molecule has 0 fully saturated rings.